The van der Waals surface area contributed by atoms with Gasteiger partial charge >= 0.3 is 12.1 Å². The average molecular weight is 540 g/mol. The smallest absolute Gasteiger partial charge is 0.416 e. The molecule has 5 nitrogen and oxygen atoms in total. The van der Waals surface area contributed by atoms with Crippen molar-refractivity contribution in [1.82, 2.24) is 4.98 Å². The van der Waals surface area contributed by atoms with Gasteiger partial charge in [-0.1, -0.05) is 23.9 Å². The van der Waals surface area contributed by atoms with Gasteiger partial charge in [-0.25, -0.2) is 9.78 Å². The maximum Gasteiger partial charge on any atom is 0.416 e. The number of aromatic nitrogens is 1. The van der Waals surface area contributed by atoms with Gasteiger partial charge in [-0.05, 0) is 76.4 Å². The SMILES string of the molecule is Cc1cc(OC(C)(C)C(=O)O)c(C)cc1OCCCSc1nc(-c2ccc(C(F)(F)F)cc2)c(C)s1. The Bertz CT molecular complexity index is 1220. The zero-order valence-electron chi connectivity index (χ0n) is 20.7. The van der Waals surface area contributed by atoms with Crippen molar-refractivity contribution in [2.24, 2.45) is 0 Å². The zero-order chi connectivity index (χ0) is 26.7. The van der Waals surface area contributed by atoms with Crippen LogP contribution >= 0.6 is 23.1 Å². The summed E-state index contributed by atoms with van der Waals surface area (Å²) in [4.78, 5) is 16.9. The largest absolute Gasteiger partial charge is 0.493 e. The Kier molecular flexibility index (Phi) is 8.61. The van der Waals surface area contributed by atoms with Crippen LogP contribution in [0, 0.1) is 20.8 Å². The van der Waals surface area contributed by atoms with Gasteiger partial charge in [-0.15, -0.1) is 11.3 Å². The molecule has 36 heavy (non-hydrogen) atoms. The number of aliphatic carboxylic acids is 1. The number of benzene rings is 2. The van der Waals surface area contributed by atoms with Crippen molar-refractivity contribution in [2.45, 2.75) is 57.2 Å². The van der Waals surface area contributed by atoms with Gasteiger partial charge in [-0.2, -0.15) is 13.2 Å². The number of alkyl halides is 3. The predicted octanol–water partition coefficient (Wildman–Crippen LogP) is 7.56. The molecule has 0 aliphatic heterocycles. The summed E-state index contributed by atoms with van der Waals surface area (Å²) >= 11 is 3.10. The van der Waals surface area contributed by atoms with E-state index >= 15 is 0 Å². The minimum absolute atomic E-state index is 0.490. The van der Waals surface area contributed by atoms with E-state index in [-0.39, 0.29) is 0 Å². The number of thiazole rings is 1. The van der Waals surface area contributed by atoms with Crippen LogP contribution in [-0.2, 0) is 11.0 Å². The minimum Gasteiger partial charge on any atom is -0.493 e. The lowest BCUT2D eigenvalue weighted by Gasteiger charge is -2.23. The standard InChI is InChI=1S/C26H28F3NO4S2/c1-15-14-21(34-25(4,5)23(31)32)16(2)13-20(15)33-11-6-12-35-24-30-22(17(3)36-24)18-7-9-19(10-8-18)26(27,28)29/h7-10,13-14H,6,11-12H2,1-5H3,(H,31,32). The Labute approximate surface area is 216 Å². The van der Waals surface area contributed by atoms with Crippen LogP contribution in [0.5, 0.6) is 11.5 Å². The summed E-state index contributed by atoms with van der Waals surface area (Å²) in [5, 5.41) is 9.28. The molecule has 1 N–H and O–H groups in total. The van der Waals surface area contributed by atoms with Gasteiger partial charge in [-0.3, -0.25) is 0 Å². The molecule has 0 amide bonds. The maximum absolute atomic E-state index is 12.8. The van der Waals surface area contributed by atoms with Crippen molar-refractivity contribution in [3.8, 4) is 22.8 Å². The Morgan fingerprint density at radius 1 is 1.06 bits per heavy atom. The molecule has 0 fully saturated rings. The van der Waals surface area contributed by atoms with Gasteiger partial charge in [0.2, 0.25) is 0 Å². The van der Waals surface area contributed by atoms with Crippen LogP contribution in [0.25, 0.3) is 11.3 Å². The van der Waals surface area contributed by atoms with Crippen molar-refractivity contribution in [2.75, 3.05) is 12.4 Å². The second-order valence-electron chi connectivity index (χ2n) is 8.81. The van der Waals surface area contributed by atoms with Gasteiger partial charge in [0.15, 0.2) is 9.94 Å². The highest BCUT2D eigenvalue weighted by Crippen LogP contribution is 2.35. The molecular formula is C26H28F3NO4S2. The van der Waals surface area contributed by atoms with Gasteiger partial charge in [0.1, 0.15) is 11.5 Å². The second-order valence-corrected chi connectivity index (χ2v) is 11.4. The van der Waals surface area contributed by atoms with Gasteiger partial charge in [0.05, 0.1) is 17.9 Å². The molecule has 3 aromatic rings. The first-order chi connectivity index (χ1) is 16.8. The number of carboxylic acids is 1. The third-order valence-electron chi connectivity index (χ3n) is 5.39. The molecule has 0 unspecified atom stereocenters. The molecule has 0 atom stereocenters. The number of nitrogens with zero attached hydrogens (tertiary/aromatic N) is 1. The molecule has 2 aromatic carbocycles. The summed E-state index contributed by atoms with van der Waals surface area (Å²) in [5.41, 5.74) is 0.987. The quantitative estimate of drug-likeness (QED) is 0.212. The van der Waals surface area contributed by atoms with E-state index in [4.69, 9.17) is 9.47 Å². The molecule has 1 aromatic heterocycles. The van der Waals surface area contributed by atoms with E-state index in [1.807, 2.05) is 26.8 Å². The summed E-state index contributed by atoms with van der Waals surface area (Å²) in [7, 11) is 0. The summed E-state index contributed by atoms with van der Waals surface area (Å²) in [6.07, 6.45) is -3.59. The second kappa shape index (κ2) is 11.1. The molecule has 1 heterocycles. The molecule has 194 valence electrons. The third-order valence-corrected chi connectivity index (χ3v) is 7.59. The van der Waals surface area contributed by atoms with Crippen molar-refractivity contribution >= 4 is 29.1 Å². The van der Waals surface area contributed by atoms with Gasteiger partial charge in [0.25, 0.3) is 0 Å². The van der Waals surface area contributed by atoms with Crippen LogP contribution < -0.4 is 9.47 Å². The van der Waals surface area contributed by atoms with E-state index in [0.29, 0.717) is 29.4 Å². The average Bonchev–Trinajstić information content (AvgIpc) is 3.16. The number of thioether (sulfide) groups is 1. The van der Waals surface area contributed by atoms with Crippen molar-refractivity contribution < 1.29 is 32.5 Å². The Morgan fingerprint density at radius 3 is 2.28 bits per heavy atom. The highest BCUT2D eigenvalue weighted by Gasteiger charge is 2.31. The fourth-order valence-corrected chi connectivity index (χ4v) is 5.38. The lowest BCUT2D eigenvalue weighted by molar-refractivity contribution is -0.152. The topological polar surface area (TPSA) is 68.7 Å². The Balaban J connectivity index is 1.52. The first kappa shape index (κ1) is 27.9. The molecule has 0 saturated carbocycles. The monoisotopic (exact) mass is 539 g/mol. The van der Waals surface area contributed by atoms with Gasteiger partial charge in [0, 0.05) is 16.2 Å². The van der Waals surface area contributed by atoms with E-state index in [9.17, 15) is 23.1 Å². The summed E-state index contributed by atoms with van der Waals surface area (Å²) in [6.45, 7) is 9.13. The Morgan fingerprint density at radius 2 is 1.67 bits per heavy atom. The lowest BCUT2D eigenvalue weighted by Crippen LogP contribution is -2.38. The van der Waals surface area contributed by atoms with Crippen LogP contribution in [0.2, 0.25) is 0 Å². The predicted molar refractivity (Wildman–Crippen MR) is 136 cm³/mol. The Hall–Kier alpha value is -2.72. The summed E-state index contributed by atoms with van der Waals surface area (Å²) < 4.78 is 50.9. The molecule has 0 radical (unpaired) electrons. The molecule has 0 saturated heterocycles. The summed E-state index contributed by atoms with van der Waals surface area (Å²) in [6, 6.07) is 8.69. The van der Waals surface area contributed by atoms with E-state index in [1.165, 1.54) is 37.3 Å². The van der Waals surface area contributed by atoms with Crippen LogP contribution in [-0.4, -0.2) is 34.0 Å². The fourth-order valence-electron chi connectivity index (χ4n) is 3.27. The summed E-state index contributed by atoms with van der Waals surface area (Å²) in [5.74, 6) is 0.948. The molecule has 0 spiro atoms. The number of hydrogen-bond acceptors (Lipinski definition) is 6. The fraction of sp³-hybridized carbons (Fsp3) is 0.385. The van der Waals surface area contributed by atoms with E-state index < -0.39 is 23.3 Å². The molecule has 0 aliphatic rings. The van der Waals surface area contributed by atoms with Crippen molar-refractivity contribution in [1.29, 1.82) is 0 Å². The first-order valence-corrected chi connectivity index (χ1v) is 13.0. The number of hydrogen-bond donors (Lipinski definition) is 1. The van der Waals surface area contributed by atoms with Gasteiger partial charge < -0.3 is 14.6 Å². The molecule has 0 aliphatic carbocycles. The molecule has 0 bridgehead atoms. The molecule has 3 rings (SSSR count). The van der Waals surface area contributed by atoms with Crippen LogP contribution in [0.1, 0.15) is 41.8 Å². The normalized spacial score (nSPS) is 12.0. The number of carbonyl (C=O) groups is 1. The van der Waals surface area contributed by atoms with Crippen molar-refractivity contribution in [3.63, 3.8) is 0 Å². The molecular weight excluding hydrogens is 511 g/mol. The van der Waals surface area contributed by atoms with Crippen LogP contribution in [0.4, 0.5) is 13.2 Å². The van der Waals surface area contributed by atoms with Crippen molar-refractivity contribution in [3.05, 3.63) is 58.0 Å². The maximum atomic E-state index is 12.8. The van der Waals surface area contributed by atoms with Crippen LogP contribution in [0.3, 0.4) is 0 Å². The number of carboxylic acid groups (broad SMARTS) is 1. The van der Waals surface area contributed by atoms with Crippen LogP contribution in [0.15, 0.2) is 40.7 Å². The lowest BCUT2D eigenvalue weighted by atomic mass is 10.1. The highest BCUT2D eigenvalue weighted by atomic mass is 32.2. The zero-order valence-corrected chi connectivity index (χ0v) is 22.3. The van der Waals surface area contributed by atoms with E-state index in [0.717, 1.165) is 44.7 Å². The van der Waals surface area contributed by atoms with E-state index in [2.05, 4.69) is 4.98 Å². The highest BCUT2D eigenvalue weighted by molar-refractivity contribution is 8.01. The minimum atomic E-state index is -4.36. The van der Waals surface area contributed by atoms with E-state index in [1.54, 1.807) is 17.8 Å². The molecule has 10 heteroatoms. The first-order valence-electron chi connectivity index (χ1n) is 11.2. The number of aryl methyl sites for hydroxylation is 3. The third kappa shape index (κ3) is 6.94. The number of rotatable bonds is 10. The number of halogens is 3. The number of ether oxygens (including phenoxy) is 2.